The fourth-order valence-electron chi connectivity index (χ4n) is 2.56. The number of aromatic amines is 1. The van der Waals surface area contributed by atoms with Crippen molar-refractivity contribution in [3.05, 3.63) is 46.7 Å². The molecule has 2 N–H and O–H groups in total. The van der Waals surface area contributed by atoms with Gasteiger partial charge in [-0.05, 0) is 31.5 Å². The minimum atomic E-state index is -0.154. The van der Waals surface area contributed by atoms with Crippen molar-refractivity contribution in [2.45, 2.75) is 25.9 Å². The predicted octanol–water partition coefficient (Wildman–Crippen LogP) is 2.27. The van der Waals surface area contributed by atoms with Crippen LogP contribution in [0.5, 0.6) is 0 Å². The van der Waals surface area contributed by atoms with Gasteiger partial charge >= 0.3 is 0 Å². The second-order valence-electron chi connectivity index (χ2n) is 5.21. The highest BCUT2D eigenvalue weighted by Crippen LogP contribution is 2.24. The van der Waals surface area contributed by atoms with E-state index in [1.54, 1.807) is 11.1 Å². The van der Waals surface area contributed by atoms with Crippen molar-refractivity contribution < 1.29 is 4.79 Å². The van der Waals surface area contributed by atoms with Gasteiger partial charge in [-0.3, -0.25) is 9.89 Å². The number of nitrogens with one attached hydrogen (secondary N) is 2. The van der Waals surface area contributed by atoms with E-state index in [4.69, 9.17) is 11.6 Å². The summed E-state index contributed by atoms with van der Waals surface area (Å²) < 4.78 is 0. The molecule has 0 spiro atoms. The van der Waals surface area contributed by atoms with Gasteiger partial charge in [0.25, 0.3) is 0 Å². The quantitative estimate of drug-likeness (QED) is 0.911. The first-order valence-electron chi connectivity index (χ1n) is 6.94. The number of rotatable bonds is 4. The highest BCUT2D eigenvalue weighted by molar-refractivity contribution is 6.30. The zero-order valence-electron chi connectivity index (χ0n) is 11.8. The molecule has 1 aromatic heterocycles. The zero-order valence-corrected chi connectivity index (χ0v) is 12.5. The van der Waals surface area contributed by atoms with Crippen LogP contribution in [0.4, 0.5) is 5.69 Å². The first-order valence-corrected chi connectivity index (χ1v) is 7.32. The van der Waals surface area contributed by atoms with Gasteiger partial charge in [0, 0.05) is 35.1 Å². The predicted molar refractivity (Wildman–Crippen MR) is 82.4 cm³/mol. The second-order valence-corrected chi connectivity index (χ2v) is 5.65. The summed E-state index contributed by atoms with van der Waals surface area (Å²) in [5.41, 5.74) is 2.97. The van der Waals surface area contributed by atoms with Crippen LogP contribution in [0.15, 0.2) is 30.5 Å². The van der Waals surface area contributed by atoms with Crippen molar-refractivity contribution in [2.75, 3.05) is 11.4 Å². The van der Waals surface area contributed by atoms with E-state index in [0.717, 1.165) is 23.4 Å². The largest absolute Gasteiger partial charge is 0.311 e. The van der Waals surface area contributed by atoms with E-state index in [1.807, 2.05) is 31.2 Å². The van der Waals surface area contributed by atoms with E-state index in [0.29, 0.717) is 18.1 Å². The molecule has 3 rings (SSSR count). The van der Waals surface area contributed by atoms with Crippen LogP contribution in [0, 0.1) is 6.92 Å². The Labute approximate surface area is 128 Å². The summed E-state index contributed by atoms with van der Waals surface area (Å²) in [4.78, 5) is 14.2. The number of aryl methyl sites for hydroxylation is 1. The molecule has 1 saturated heterocycles. The van der Waals surface area contributed by atoms with Crippen LogP contribution in [-0.2, 0) is 11.3 Å². The number of aromatic nitrogens is 2. The van der Waals surface area contributed by atoms with E-state index in [9.17, 15) is 4.79 Å². The Balaban J connectivity index is 1.65. The first-order chi connectivity index (χ1) is 10.1. The lowest BCUT2D eigenvalue weighted by Crippen LogP contribution is -2.38. The molecular weight excluding hydrogens is 288 g/mol. The number of benzene rings is 1. The van der Waals surface area contributed by atoms with Crippen molar-refractivity contribution in [3.8, 4) is 0 Å². The fourth-order valence-corrected chi connectivity index (χ4v) is 2.74. The number of H-pyrrole nitrogens is 1. The third-order valence-corrected chi connectivity index (χ3v) is 4.03. The van der Waals surface area contributed by atoms with Gasteiger partial charge < -0.3 is 10.2 Å². The van der Waals surface area contributed by atoms with Gasteiger partial charge in [-0.1, -0.05) is 17.7 Å². The van der Waals surface area contributed by atoms with Gasteiger partial charge in [-0.15, -0.1) is 0 Å². The molecule has 21 heavy (non-hydrogen) atoms. The normalized spacial score (nSPS) is 18.5. The molecular formula is C15H17ClN4O. The maximum Gasteiger partial charge on any atom is 0.244 e. The third kappa shape index (κ3) is 2.94. The molecule has 1 aliphatic rings. The Morgan fingerprint density at radius 1 is 1.52 bits per heavy atom. The number of nitrogens with zero attached hydrogens (tertiary/aromatic N) is 2. The molecule has 2 aromatic rings. The highest BCUT2D eigenvalue weighted by Gasteiger charge is 2.32. The highest BCUT2D eigenvalue weighted by atomic mass is 35.5. The lowest BCUT2D eigenvalue weighted by Gasteiger charge is -2.17. The van der Waals surface area contributed by atoms with Crippen molar-refractivity contribution in [1.29, 1.82) is 0 Å². The van der Waals surface area contributed by atoms with Crippen molar-refractivity contribution in [2.24, 2.45) is 0 Å². The lowest BCUT2D eigenvalue weighted by molar-refractivity contribution is -0.118. The van der Waals surface area contributed by atoms with Gasteiger partial charge in [-0.25, -0.2) is 0 Å². The van der Waals surface area contributed by atoms with E-state index in [1.165, 1.54) is 0 Å². The van der Waals surface area contributed by atoms with E-state index in [-0.39, 0.29) is 11.9 Å². The number of carbonyl (C=O) groups excluding carboxylic acids is 1. The Kier molecular flexibility index (Phi) is 3.94. The topological polar surface area (TPSA) is 61.0 Å². The maximum atomic E-state index is 12.5. The molecule has 110 valence electrons. The maximum absolute atomic E-state index is 12.5. The van der Waals surface area contributed by atoms with Gasteiger partial charge in [0.15, 0.2) is 0 Å². The second kappa shape index (κ2) is 5.87. The minimum absolute atomic E-state index is 0.0958. The van der Waals surface area contributed by atoms with E-state index < -0.39 is 0 Å². The Bertz CT molecular complexity index is 655. The van der Waals surface area contributed by atoms with Gasteiger partial charge in [-0.2, -0.15) is 5.10 Å². The molecule has 1 unspecified atom stereocenters. The monoisotopic (exact) mass is 304 g/mol. The van der Waals surface area contributed by atoms with Gasteiger partial charge in [0.1, 0.15) is 0 Å². The molecule has 1 aliphatic heterocycles. The molecule has 0 bridgehead atoms. The SMILES string of the molecule is Cc1[nH]ncc1CNC1CCN(c2cccc(Cl)c2)C1=O. The van der Waals surface area contributed by atoms with Gasteiger partial charge in [0.2, 0.25) is 5.91 Å². The van der Waals surface area contributed by atoms with Crippen molar-refractivity contribution >= 4 is 23.2 Å². The molecule has 6 heteroatoms. The summed E-state index contributed by atoms with van der Waals surface area (Å²) in [5.74, 6) is 0.0958. The van der Waals surface area contributed by atoms with E-state index >= 15 is 0 Å². The smallest absolute Gasteiger partial charge is 0.244 e. The van der Waals surface area contributed by atoms with Crippen LogP contribution < -0.4 is 10.2 Å². The number of anilines is 1. The summed E-state index contributed by atoms with van der Waals surface area (Å²) in [7, 11) is 0. The van der Waals surface area contributed by atoms with Crippen LogP contribution in [-0.4, -0.2) is 28.7 Å². The van der Waals surface area contributed by atoms with Crippen LogP contribution >= 0.6 is 11.6 Å². The summed E-state index contributed by atoms with van der Waals surface area (Å²) in [5, 5.41) is 10.8. The fraction of sp³-hybridized carbons (Fsp3) is 0.333. The molecule has 5 nitrogen and oxygen atoms in total. The molecule has 0 saturated carbocycles. The van der Waals surface area contributed by atoms with Crippen molar-refractivity contribution in [1.82, 2.24) is 15.5 Å². The number of hydrogen-bond acceptors (Lipinski definition) is 3. The van der Waals surface area contributed by atoms with Crippen LogP contribution in [0.25, 0.3) is 0 Å². The molecule has 1 fully saturated rings. The number of amides is 1. The number of hydrogen-bond donors (Lipinski definition) is 2. The van der Waals surface area contributed by atoms with Crippen LogP contribution in [0.1, 0.15) is 17.7 Å². The summed E-state index contributed by atoms with van der Waals surface area (Å²) >= 11 is 5.99. The molecule has 2 heterocycles. The number of carbonyl (C=O) groups is 1. The van der Waals surface area contributed by atoms with E-state index in [2.05, 4.69) is 15.5 Å². The Morgan fingerprint density at radius 2 is 2.38 bits per heavy atom. The first kappa shape index (κ1) is 14.1. The zero-order chi connectivity index (χ0) is 14.8. The van der Waals surface area contributed by atoms with Crippen LogP contribution in [0.2, 0.25) is 5.02 Å². The minimum Gasteiger partial charge on any atom is -0.311 e. The molecule has 1 atom stereocenters. The summed E-state index contributed by atoms with van der Waals surface area (Å²) in [6.45, 7) is 3.32. The summed E-state index contributed by atoms with van der Waals surface area (Å²) in [6.07, 6.45) is 2.58. The number of halogens is 1. The standard InChI is InChI=1S/C15H17ClN4O/c1-10-11(9-18-19-10)8-17-14-5-6-20(15(14)21)13-4-2-3-12(16)7-13/h2-4,7,9,14,17H,5-6,8H2,1H3,(H,18,19). The van der Waals surface area contributed by atoms with Gasteiger partial charge in [0.05, 0.1) is 12.2 Å². The Hall–Kier alpha value is -1.85. The Morgan fingerprint density at radius 3 is 3.10 bits per heavy atom. The lowest BCUT2D eigenvalue weighted by atomic mass is 10.2. The molecule has 1 amide bonds. The average Bonchev–Trinajstić information content (AvgIpc) is 3.03. The third-order valence-electron chi connectivity index (χ3n) is 3.80. The van der Waals surface area contributed by atoms with Crippen LogP contribution in [0.3, 0.4) is 0 Å². The summed E-state index contributed by atoms with van der Waals surface area (Å²) in [6, 6.07) is 7.25. The molecule has 1 aromatic carbocycles. The molecule has 0 radical (unpaired) electrons. The molecule has 0 aliphatic carbocycles. The van der Waals surface area contributed by atoms with Crippen molar-refractivity contribution in [3.63, 3.8) is 0 Å². The average molecular weight is 305 g/mol.